The normalized spacial score (nSPS) is 17.0. The van der Waals surface area contributed by atoms with E-state index in [-0.39, 0.29) is 6.04 Å². The highest BCUT2D eigenvalue weighted by Crippen LogP contribution is 2.35. The number of fused-ring (bicyclic) bond motifs is 1. The van der Waals surface area contributed by atoms with Gasteiger partial charge < -0.3 is 4.98 Å². The predicted molar refractivity (Wildman–Crippen MR) is 93.2 cm³/mol. The summed E-state index contributed by atoms with van der Waals surface area (Å²) in [5.41, 5.74) is 3.11. The molecule has 1 fully saturated rings. The van der Waals surface area contributed by atoms with Crippen LogP contribution in [0.25, 0.3) is 22.2 Å². The minimum Gasteiger partial charge on any atom is -0.346 e. The van der Waals surface area contributed by atoms with Gasteiger partial charge in [-0.2, -0.15) is 10.4 Å². The number of nitriles is 1. The second-order valence-electron chi connectivity index (χ2n) is 6.64. The summed E-state index contributed by atoms with van der Waals surface area (Å²) in [6, 6.07) is 6.62. The Morgan fingerprint density at radius 1 is 1.29 bits per heavy atom. The Balaban J connectivity index is 1.68. The summed E-state index contributed by atoms with van der Waals surface area (Å²) < 4.78 is 2.02. The van der Waals surface area contributed by atoms with E-state index >= 15 is 0 Å². The summed E-state index contributed by atoms with van der Waals surface area (Å²) in [6.45, 7) is 0. The maximum absolute atomic E-state index is 9.26. The van der Waals surface area contributed by atoms with Crippen molar-refractivity contribution in [2.45, 2.75) is 44.6 Å². The third kappa shape index (κ3) is 2.69. The van der Waals surface area contributed by atoms with Crippen LogP contribution in [0.1, 0.15) is 44.6 Å². The van der Waals surface area contributed by atoms with Gasteiger partial charge in [0.25, 0.3) is 0 Å². The topological polar surface area (TPSA) is 70.3 Å². The molecule has 1 N–H and O–H groups in total. The van der Waals surface area contributed by atoms with Crippen molar-refractivity contribution >= 4 is 11.0 Å². The van der Waals surface area contributed by atoms with Crippen LogP contribution >= 0.6 is 0 Å². The molecule has 0 amide bonds. The Morgan fingerprint density at radius 3 is 3.00 bits per heavy atom. The average molecular weight is 319 g/mol. The number of H-pyrrole nitrogens is 1. The van der Waals surface area contributed by atoms with Gasteiger partial charge in [-0.15, -0.1) is 0 Å². The van der Waals surface area contributed by atoms with E-state index in [0.717, 1.165) is 22.2 Å². The average Bonchev–Trinajstić information content (AvgIpc) is 3.29. The van der Waals surface area contributed by atoms with Gasteiger partial charge in [-0.3, -0.25) is 4.68 Å². The third-order valence-electron chi connectivity index (χ3n) is 5.21. The van der Waals surface area contributed by atoms with Gasteiger partial charge in [-0.25, -0.2) is 4.98 Å². The van der Waals surface area contributed by atoms with Crippen LogP contribution in [0.5, 0.6) is 0 Å². The largest absolute Gasteiger partial charge is 0.346 e. The van der Waals surface area contributed by atoms with Crippen molar-refractivity contribution in [2.24, 2.45) is 5.92 Å². The van der Waals surface area contributed by atoms with Crippen LogP contribution in [0.4, 0.5) is 0 Å². The molecule has 1 aliphatic rings. The summed E-state index contributed by atoms with van der Waals surface area (Å²) >= 11 is 0. The lowest BCUT2D eigenvalue weighted by molar-refractivity contribution is 0.237. The molecular formula is C19H21N5. The number of aromatic amines is 1. The fraction of sp³-hybridized carbons (Fsp3) is 0.421. The first-order chi connectivity index (χ1) is 11.9. The van der Waals surface area contributed by atoms with E-state index in [1.54, 1.807) is 0 Å². The van der Waals surface area contributed by atoms with Crippen molar-refractivity contribution < 1.29 is 0 Å². The lowest BCUT2D eigenvalue weighted by atomic mass is 9.83. The van der Waals surface area contributed by atoms with E-state index in [1.165, 1.54) is 32.1 Å². The van der Waals surface area contributed by atoms with Crippen molar-refractivity contribution in [3.8, 4) is 17.2 Å². The first-order valence-corrected chi connectivity index (χ1v) is 8.70. The smallest absolute Gasteiger partial charge is 0.137 e. The second kappa shape index (κ2) is 6.48. The van der Waals surface area contributed by atoms with E-state index in [4.69, 9.17) is 0 Å². The van der Waals surface area contributed by atoms with Gasteiger partial charge in [0.1, 0.15) is 5.65 Å². The molecule has 3 aromatic rings. The monoisotopic (exact) mass is 319 g/mol. The molecular weight excluding hydrogens is 298 g/mol. The minimum absolute atomic E-state index is 0.188. The molecule has 0 aliphatic heterocycles. The van der Waals surface area contributed by atoms with Crippen LogP contribution in [-0.2, 0) is 0 Å². The summed E-state index contributed by atoms with van der Waals surface area (Å²) in [5, 5.41) is 15.0. The highest BCUT2D eigenvalue weighted by atomic mass is 15.3. The highest BCUT2D eigenvalue weighted by molar-refractivity contribution is 5.92. The summed E-state index contributed by atoms with van der Waals surface area (Å²) in [6.07, 6.45) is 14.5. The molecule has 0 aromatic carbocycles. The molecule has 0 bridgehead atoms. The summed E-state index contributed by atoms with van der Waals surface area (Å²) in [7, 11) is 0. The van der Waals surface area contributed by atoms with Gasteiger partial charge in [0.15, 0.2) is 0 Å². The zero-order valence-electron chi connectivity index (χ0n) is 13.7. The fourth-order valence-corrected chi connectivity index (χ4v) is 3.96. The van der Waals surface area contributed by atoms with Crippen molar-refractivity contribution in [2.75, 3.05) is 0 Å². The number of hydrogen-bond donors (Lipinski definition) is 1. The van der Waals surface area contributed by atoms with E-state index in [9.17, 15) is 5.26 Å². The molecule has 3 aromatic heterocycles. The number of rotatable bonds is 4. The van der Waals surface area contributed by atoms with Gasteiger partial charge in [0.05, 0.1) is 24.7 Å². The van der Waals surface area contributed by atoms with Crippen molar-refractivity contribution in [1.82, 2.24) is 19.7 Å². The Bertz CT molecular complexity index is 863. The molecule has 0 unspecified atom stereocenters. The standard InChI is InChI=1S/C19H21N5/c20-9-6-18(14-4-2-1-3-5-14)24-13-15(12-23-24)16-7-10-21-19-17(16)8-11-22-19/h7-8,10-14,18H,1-6H2,(H,21,22)/t18-/m0/s1. The van der Waals surface area contributed by atoms with Crippen LogP contribution in [-0.4, -0.2) is 19.7 Å². The highest BCUT2D eigenvalue weighted by Gasteiger charge is 2.25. The van der Waals surface area contributed by atoms with Crippen molar-refractivity contribution in [3.05, 3.63) is 36.9 Å². The first-order valence-electron chi connectivity index (χ1n) is 8.70. The van der Waals surface area contributed by atoms with Crippen LogP contribution in [0.3, 0.4) is 0 Å². The first kappa shape index (κ1) is 14.9. The quantitative estimate of drug-likeness (QED) is 0.771. The lowest BCUT2D eigenvalue weighted by Gasteiger charge is -2.29. The Labute approximate surface area is 141 Å². The Hall–Kier alpha value is -2.61. The van der Waals surface area contributed by atoms with Crippen LogP contribution in [0, 0.1) is 17.2 Å². The lowest BCUT2D eigenvalue weighted by Crippen LogP contribution is -2.22. The molecule has 5 heteroatoms. The van der Waals surface area contributed by atoms with E-state index in [0.29, 0.717) is 12.3 Å². The molecule has 0 spiro atoms. The van der Waals surface area contributed by atoms with E-state index < -0.39 is 0 Å². The minimum atomic E-state index is 0.188. The van der Waals surface area contributed by atoms with E-state index in [1.807, 2.05) is 35.4 Å². The number of pyridine rings is 1. The maximum atomic E-state index is 9.26. The predicted octanol–water partition coefficient (Wildman–Crippen LogP) is 4.46. The molecule has 0 saturated heterocycles. The SMILES string of the molecule is N#CC[C@@H](C1CCCCC1)n1cc(-c2ccnc3[nH]ccc23)cn1. The molecule has 4 rings (SSSR count). The molecule has 0 radical (unpaired) electrons. The van der Waals surface area contributed by atoms with Gasteiger partial charge in [0, 0.05) is 29.5 Å². The van der Waals surface area contributed by atoms with Crippen molar-refractivity contribution in [1.29, 1.82) is 5.26 Å². The van der Waals surface area contributed by atoms with Gasteiger partial charge in [0.2, 0.25) is 0 Å². The third-order valence-corrected chi connectivity index (χ3v) is 5.21. The van der Waals surface area contributed by atoms with Gasteiger partial charge in [-0.05, 0) is 36.5 Å². The molecule has 1 saturated carbocycles. The van der Waals surface area contributed by atoms with Gasteiger partial charge in [-0.1, -0.05) is 19.3 Å². The van der Waals surface area contributed by atoms with Gasteiger partial charge >= 0.3 is 0 Å². The number of nitrogens with one attached hydrogen (secondary N) is 1. The molecule has 3 heterocycles. The molecule has 24 heavy (non-hydrogen) atoms. The molecule has 1 aliphatic carbocycles. The number of hydrogen-bond acceptors (Lipinski definition) is 3. The summed E-state index contributed by atoms with van der Waals surface area (Å²) in [4.78, 5) is 7.50. The Morgan fingerprint density at radius 2 is 2.17 bits per heavy atom. The Kier molecular flexibility index (Phi) is 4.04. The fourth-order valence-electron chi connectivity index (χ4n) is 3.96. The summed E-state index contributed by atoms with van der Waals surface area (Å²) in [5.74, 6) is 0.566. The van der Waals surface area contributed by atoms with Crippen LogP contribution in [0.15, 0.2) is 36.9 Å². The molecule has 1 atom stereocenters. The zero-order valence-corrected chi connectivity index (χ0v) is 13.7. The van der Waals surface area contributed by atoms with Crippen LogP contribution < -0.4 is 0 Å². The molecule has 5 nitrogen and oxygen atoms in total. The van der Waals surface area contributed by atoms with E-state index in [2.05, 4.69) is 27.3 Å². The van der Waals surface area contributed by atoms with Crippen molar-refractivity contribution in [3.63, 3.8) is 0 Å². The maximum Gasteiger partial charge on any atom is 0.137 e. The number of nitrogens with zero attached hydrogens (tertiary/aromatic N) is 4. The van der Waals surface area contributed by atoms with Crippen LogP contribution in [0.2, 0.25) is 0 Å². The zero-order chi connectivity index (χ0) is 16.4. The second-order valence-corrected chi connectivity index (χ2v) is 6.64. The molecule has 122 valence electrons. The number of aromatic nitrogens is 4.